The van der Waals surface area contributed by atoms with Crippen LogP contribution in [0.5, 0.6) is 5.75 Å². The van der Waals surface area contributed by atoms with Gasteiger partial charge in [0.2, 0.25) is 5.91 Å². The van der Waals surface area contributed by atoms with Gasteiger partial charge in [-0.15, -0.1) is 8.78 Å². The summed E-state index contributed by atoms with van der Waals surface area (Å²) in [5, 5.41) is 3.10. The summed E-state index contributed by atoms with van der Waals surface area (Å²) in [7, 11) is 1.35. The van der Waals surface area contributed by atoms with Crippen LogP contribution in [0.3, 0.4) is 0 Å². The molecular formula is C18H12ClF4N3O5. The predicted octanol–water partition coefficient (Wildman–Crippen LogP) is 3.70. The number of nitrogens with zero attached hydrogens (tertiary/aromatic N) is 3. The Morgan fingerprint density at radius 1 is 1.39 bits per heavy atom. The zero-order chi connectivity index (χ0) is 22.5. The van der Waals surface area contributed by atoms with Crippen LogP contribution in [-0.4, -0.2) is 29.0 Å². The number of amides is 1. The highest BCUT2D eigenvalue weighted by Crippen LogP contribution is 2.38. The lowest BCUT2D eigenvalue weighted by atomic mass is 10.1. The summed E-state index contributed by atoms with van der Waals surface area (Å²) < 4.78 is 66.7. The van der Waals surface area contributed by atoms with E-state index in [2.05, 4.69) is 14.6 Å². The van der Waals surface area contributed by atoms with Crippen LogP contribution in [-0.2, 0) is 22.7 Å². The summed E-state index contributed by atoms with van der Waals surface area (Å²) in [6.45, 7) is -1.13. The van der Waals surface area contributed by atoms with Crippen LogP contribution in [0.4, 0.5) is 23.2 Å². The van der Waals surface area contributed by atoms with E-state index >= 15 is 0 Å². The first-order chi connectivity index (χ1) is 14.6. The van der Waals surface area contributed by atoms with E-state index in [9.17, 15) is 27.2 Å². The van der Waals surface area contributed by atoms with Crippen molar-refractivity contribution in [3.05, 3.63) is 51.1 Å². The Bertz CT molecular complexity index is 1240. The molecule has 1 aliphatic rings. The minimum atomic E-state index is -3.79. The standard InChI is InChI=1S/C18H12ClF4N3O5/c1-25(10-3-2-4-11-9(10)7-29-18(22,23)31-11)13(27)6-26-17(28)8-5-12(16(20)21)30-14(8)15(19)24-26/h2-5,16H,6-7H2,1H3. The number of hydrogen-bond acceptors (Lipinski definition) is 6. The van der Waals surface area contributed by atoms with E-state index in [4.69, 9.17) is 16.0 Å². The van der Waals surface area contributed by atoms with Crippen molar-refractivity contribution in [2.75, 3.05) is 11.9 Å². The summed E-state index contributed by atoms with van der Waals surface area (Å²) in [6, 6.07) is 5.02. The van der Waals surface area contributed by atoms with Gasteiger partial charge < -0.3 is 14.1 Å². The number of carbonyl (C=O) groups is 1. The second kappa shape index (κ2) is 7.54. The van der Waals surface area contributed by atoms with Crippen molar-refractivity contribution in [3.63, 3.8) is 0 Å². The van der Waals surface area contributed by atoms with Crippen LogP contribution >= 0.6 is 11.6 Å². The smallest absolute Gasteiger partial charge is 0.451 e. The molecule has 1 aliphatic heterocycles. The van der Waals surface area contributed by atoms with Gasteiger partial charge in [-0.2, -0.15) is 5.10 Å². The summed E-state index contributed by atoms with van der Waals surface area (Å²) in [6.07, 6.45) is -6.76. The predicted molar refractivity (Wildman–Crippen MR) is 98.5 cm³/mol. The number of hydrogen-bond donors (Lipinski definition) is 0. The lowest BCUT2D eigenvalue weighted by Gasteiger charge is -2.28. The van der Waals surface area contributed by atoms with Gasteiger partial charge in [-0.3, -0.25) is 14.3 Å². The average molecular weight is 462 g/mol. The highest BCUT2D eigenvalue weighted by atomic mass is 35.5. The van der Waals surface area contributed by atoms with Gasteiger partial charge in [0, 0.05) is 12.6 Å². The molecule has 0 aliphatic carbocycles. The number of aromatic nitrogens is 2. The lowest BCUT2D eigenvalue weighted by molar-refractivity contribution is -0.367. The van der Waals surface area contributed by atoms with Crippen LogP contribution in [0.1, 0.15) is 17.7 Å². The van der Waals surface area contributed by atoms with E-state index in [1.165, 1.54) is 25.2 Å². The number of rotatable bonds is 4. The highest BCUT2D eigenvalue weighted by Gasteiger charge is 2.39. The third-order valence-electron chi connectivity index (χ3n) is 4.57. The van der Waals surface area contributed by atoms with Crippen LogP contribution < -0.4 is 15.2 Å². The number of furan rings is 1. The molecule has 0 atom stereocenters. The summed E-state index contributed by atoms with van der Waals surface area (Å²) in [5.41, 5.74) is -0.763. The summed E-state index contributed by atoms with van der Waals surface area (Å²) in [5.74, 6) is -1.59. The zero-order valence-electron chi connectivity index (χ0n) is 15.6. The van der Waals surface area contributed by atoms with Crippen LogP contribution in [0.2, 0.25) is 5.15 Å². The SMILES string of the molecule is CN(C(=O)Cn1nc(Cl)c2oc(C(F)F)cc2c1=O)c1cccc2c1COC(F)(F)O2. The molecule has 2 aromatic heterocycles. The van der Waals surface area contributed by atoms with Gasteiger partial charge in [0.1, 0.15) is 12.3 Å². The number of likely N-dealkylation sites (N-methyl/N-ethyl adjacent to an activating group) is 1. The minimum absolute atomic E-state index is 0.161. The number of carbonyl (C=O) groups excluding carboxylic acids is 1. The molecule has 0 saturated carbocycles. The van der Waals surface area contributed by atoms with Crippen molar-refractivity contribution in [3.8, 4) is 5.75 Å². The maximum atomic E-state index is 13.3. The summed E-state index contributed by atoms with van der Waals surface area (Å²) >= 11 is 5.92. The van der Waals surface area contributed by atoms with Gasteiger partial charge >= 0.3 is 6.29 Å². The molecule has 1 amide bonds. The Morgan fingerprint density at radius 2 is 2.13 bits per heavy atom. The van der Waals surface area contributed by atoms with Crippen molar-refractivity contribution in [1.29, 1.82) is 0 Å². The normalized spacial score (nSPS) is 15.1. The number of alkyl halides is 4. The fourth-order valence-electron chi connectivity index (χ4n) is 3.06. The monoisotopic (exact) mass is 461 g/mol. The molecule has 0 fully saturated rings. The fraction of sp³-hybridized carbons (Fsp3) is 0.278. The first kappa shape index (κ1) is 21.1. The molecule has 0 spiro atoms. The van der Waals surface area contributed by atoms with Gasteiger partial charge in [-0.05, 0) is 18.2 Å². The zero-order valence-corrected chi connectivity index (χ0v) is 16.3. The Labute approximate surface area is 175 Å². The van der Waals surface area contributed by atoms with Crippen molar-refractivity contribution >= 4 is 34.2 Å². The van der Waals surface area contributed by atoms with E-state index in [-0.39, 0.29) is 33.1 Å². The number of ether oxygens (including phenoxy) is 2. The van der Waals surface area contributed by atoms with Crippen LogP contribution in [0.25, 0.3) is 11.0 Å². The maximum absolute atomic E-state index is 13.3. The molecule has 8 nitrogen and oxygen atoms in total. The molecule has 3 aromatic rings. The molecule has 13 heteroatoms. The number of anilines is 1. The quantitative estimate of drug-likeness (QED) is 0.551. The van der Waals surface area contributed by atoms with Crippen molar-refractivity contribution in [2.24, 2.45) is 0 Å². The molecule has 0 radical (unpaired) electrons. The third-order valence-corrected chi connectivity index (χ3v) is 4.82. The van der Waals surface area contributed by atoms with E-state index in [0.717, 1.165) is 11.0 Å². The first-order valence-corrected chi connectivity index (χ1v) is 9.02. The largest absolute Gasteiger partial charge is 0.535 e. The number of fused-ring (bicyclic) bond motifs is 2. The van der Waals surface area contributed by atoms with Gasteiger partial charge in [0.15, 0.2) is 16.5 Å². The Kier molecular flexibility index (Phi) is 5.13. The lowest BCUT2D eigenvalue weighted by Crippen LogP contribution is -2.37. The molecule has 0 N–H and O–H groups in total. The molecule has 4 rings (SSSR count). The minimum Gasteiger partial charge on any atom is -0.451 e. The first-order valence-electron chi connectivity index (χ1n) is 8.65. The average Bonchev–Trinajstić information content (AvgIpc) is 3.16. The Balaban J connectivity index is 1.64. The van der Waals surface area contributed by atoms with Gasteiger partial charge in [-0.1, -0.05) is 17.7 Å². The summed E-state index contributed by atoms with van der Waals surface area (Å²) in [4.78, 5) is 26.4. The van der Waals surface area contributed by atoms with E-state index in [0.29, 0.717) is 4.68 Å². The van der Waals surface area contributed by atoms with E-state index in [1.54, 1.807) is 0 Å². The van der Waals surface area contributed by atoms with Crippen LogP contribution in [0, 0.1) is 0 Å². The highest BCUT2D eigenvalue weighted by molar-refractivity contribution is 6.33. The Hall–Kier alpha value is -3.12. The molecule has 0 saturated heterocycles. The van der Waals surface area contributed by atoms with Gasteiger partial charge in [-0.25, -0.2) is 13.5 Å². The molecule has 0 unspecified atom stereocenters. The van der Waals surface area contributed by atoms with Crippen LogP contribution in [0.15, 0.2) is 33.5 Å². The molecule has 0 bridgehead atoms. The van der Waals surface area contributed by atoms with Gasteiger partial charge in [0.25, 0.3) is 12.0 Å². The maximum Gasteiger partial charge on any atom is 0.535 e. The van der Waals surface area contributed by atoms with Crippen molar-refractivity contribution in [1.82, 2.24) is 9.78 Å². The molecule has 31 heavy (non-hydrogen) atoms. The number of halogens is 5. The number of benzene rings is 1. The van der Waals surface area contributed by atoms with E-state index < -0.39 is 43.1 Å². The molecule has 164 valence electrons. The van der Waals surface area contributed by atoms with Crippen molar-refractivity contribution in [2.45, 2.75) is 25.9 Å². The van der Waals surface area contributed by atoms with Gasteiger partial charge in [0.05, 0.1) is 17.7 Å². The fourth-order valence-corrected chi connectivity index (χ4v) is 3.30. The third kappa shape index (κ3) is 3.83. The topological polar surface area (TPSA) is 86.8 Å². The van der Waals surface area contributed by atoms with Crippen molar-refractivity contribution < 1.29 is 36.2 Å². The molecule has 3 heterocycles. The molecular weight excluding hydrogens is 450 g/mol. The second-order valence-corrected chi connectivity index (χ2v) is 6.86. The second-order valence-electron chi connectivity index (χ2n) is 6.51. The molecule has 1 aromatic carbocycles. The van der Waals surface area contributed by atoms with E-state index in [1.807, 2.05) is 0 Å². The Morgan fingerprint density at radius 3 is 2.84 bits per heavy atom.